The summed E-state index contributed by atoms with van der Waals surface area (Å²) < 4.78 is 0. The molecule has 0 aromatic carbocycles. The van der Waals surface area contributed by atoms with Gasteiger partial charge in [-0.3, -0.25) is 0 Å². The molecule has 124 valence electrons. The second-order valence-electron chi connectivity index (χ2n) is 5.72. The molecular formula is C18H42N2. The van der Waals surface area contributed by atoms with Crippen molar-refractivity contribution in [2.45, 2.75) is 97.8 Å². The smallest absolute Gasteiger partial charge is 0.00516 e. The number of unbranched alkanes of at least 4 members (excludes halogenated alkanes) is 9. The van der Waals surface area contributed by atoms with Crippen molar-refractivity contribution in [2.75, 3.05) is 19.6 Å². The summed E-state index contributed by atoms with van der Waals surface area (Å²) in [6.07, 6.45) is 16.4. The fourth-order valence-corrected chi connectivity index (χ4v) is 2.11. The highest BCUT2D eigenvalue weighted by molar-refractivity contribution is 4.47. The second-order valence-corrected chi connectivity index (χ2v) is 5.72. The van der Waals surface area contributed by atoms with E-state index < -0.39 is 0 Å². The highest BCUT2D eigenvalue weighted by atomic mass is 14.8. The number of nitrogens with two attached hydrogens (primary N) is 1. The second kappa shape index (κ2) is 24.0. The predicted molar refractivity (Wildman–Crippen MR) is 94.4 cm³/mol. The molecule has 0 spiro atoms. The van der Waals surface area contributed by atoms with Crippen molar-refractivity contribution in [3.8, 4) is 0 Å². The van der Waals surface area contributed by atoms with Gasteiger partial charge in [-0.1, -0.05) is 78.6 Å². The molecule has 0 aromatic heterocycles. The number of rotatable bonds is 14. The maximum Gasteiger partial charge on any atom is -0.00516 e. The largest absolute Gasteiger partial charge is 0.330 e. The molecule has 3 N–H and O–H groups in total. The van der Waals surface area contributed by atoms with Gasteiger partial charge in [0.25, 0.3) is 0 Å². The van der Waals surface area contributed by atoms with Crippen molar-refractivity contribution in [1.29, 1.82) is 0 Å². The van der Waals surface area contributed by atoms with Crippen LogP contribution < -0.4 is 11.1 Å². The number of hydrogen-bond acceptors (Lipinski definition) is 2. The first-order chi connectivity index (χ1) is 9.83. The molecule has 0 aliphatic heterocycles. The maximum atomic E-state index is 5.42. The van der Waals surface area contributed by atoms with Gasteiger partial charge in [0, 0.05) is 0 Å². The Labute approximate surface area is 129 Å². The van der Waals surface area contributed by atoms with Crippen LogP contribution in [0.4, 0.5) is 0 Å². The van der Waals surface area contributed by atoms with Gasteiger partial charge in [-0.2, -0.15) is 0 Å². The average Bonchev–Trinajstić information content (AvgIpc) is 2.47. The Kier molecular flexibility index (Phi) is 26.6. The monoisotopic (exact) mass is 286 g/mol. The summed E-state index contributed by atoms with van der Waals surface area (Å²) in [5.74, 6) is 0. The van der Waals surface area contributed by atoms with Gasteiger partial charge in [0.2, 0.25) is 0 Å². The van der Waals surface area contributed by atoms with Crippen LogP contribution >= 0.6 is 0 Å². The van der Waals surface area contributed by atoms with E-state index in [1.807, 2.05) is 0 Å². The Hall–Kier alpha value is -0.0800. The molecular weight excluding hydrogens is 244 g/mol. The molecule has 0 saturated heterocycles. The van der Waals surface area contributed by atoms with Crippen molar-refractivity contribution in [3.05, 3.63) is 0 Å². The summed E-state index contributed by atoms with van der Waals surface area (Å²) >= 11 is 0. The number of nitrogens with one attached hydrogen (secondary N) is 1. The molecule has 0 fully saturated rings. The summed E-state index contributed by atoms with van der Waals surface area (Å²) in [4.78, 5) is 0. The molecule has 0 bridgehead atoms. The van der Waals surface area contributed by atoms with Crippen LogP contribution in [0.25, 0.3) is 0 Å². The van der Waals surface area contributed by atoms with Crippen molar-refractivity contribution < 1.29 is 0 Å². The van der Waals surface area contributed by atoms with Gasteiger partial charge in [0.1, 0.15) is 0 Å². The predicted octanol–water partition coefficient (Wildman–Crippen LogP) is 5.26. The molecule has 0 atom stereocenters. The Morgan fingerprint density at radius 1 is 0.550 bits per heavy atom. The zero-order valence-electron chi connectivity index (χ0n) is 14.7. The standard InChI is InChI=1S/C12H27N.C6H15N/c1-2-3-4-5-6-7-8-9-10-11-12-13;1-3-5-7-6-4-2/h2-13H2,1H3;7H,3-6H2,1-2H3. The molecule has 0 aliphatic carbocycles. The lowest BCUT2D eigenvalue weighted by molar-refractivity contribution is 0.558. The van der Waals surface area contributed by atoms with Gasteiger partial charge in [-0.15, -0.1) is 0 Å². The van der Waals surface area contributed by atoms with Crippen LogP contribution in [0.2, 0.25) is 0 Å². The fraction of sp³-hybridized carbons (Fsp3) is 1.00. The van der Waals surface area contributed by atoms with E-state index in [4.69, 9.17) is 5.73 Å². The molecule has 0 heterocycles. The van der Waals surface area contributed by atoms with E-state index in [-0.39, 0.29) is 0 Å². The van der Waals surface area contributed by atoms with Crippen LogP contribution in [0.5, 0.6) is 0 Å². The van der Waals surface area contributed by atoms with Gasteiger partial charge in [-0.25, -0.2) is 0 Å². The first-order valence-corrected chi connectivity index (χ1v) is 9.24. The van der Waals surface area contributed by atoms with Crippen LogP contribution in [0.3, 0.4) is 0 Å². The minimum Gasteiger partial charge on any atom is -0.330 e. The Morgan fingerprint density at radius 2 is 0.950 bits per heavy atom. The fourth-order valence-electron chi connectivity index (χ4n) is 2.11. The van der Waals surface area contributed by atoms with Crippen LogP contribution in [0.15, 0.2) is 0 Å². The first-order valence-electron chi connectivity index (χ1n) is 9.24. The van der Waals surface area contributed by atoms with E-state index in [1.165, 1.54) is 90.1 Å². The van der Waals surface area contributed by atoms with Crippen LogP contribution in [0, 0.1) is 0 Å². The summed E-state index contributed by atoms with van der Waals surface area (Å²) in [7, 11) is 0. The highest BCUT2D eigenvalue weighted by Crippen LogP contribution is 2.09. The lowest BCUT2D eigenvalue weighted by Gasteiger charge is -2.00. The van der Waals surface area contributed by atoms with Crippen molar-refractivity contribution >= 4 is 0 Å². The third-order valence-electron chi connectivity index (χ3n) is 3.41. The zero-order chi connectivity index (χ0) is 15.3. The molecule has 0 aliphatic rings. The SMILES string of the molecule is CCCCCCCCCCCCN.CCCNCCC. The maximum absolute atomic E-state index is 5.42. The van der Waals surface area contributed by atoms with Crippen molar-refractivity contribution in [3.63, 3.8) is 0 Å². The van der Waals surface area contributed by atoms with E-state index in [0.29, 0.717) is 0 Å². The summed E-state index contributed by atoms with van der Waals surface area (Å²) in [6.45, 7) is 9.86. The normalized spacial score (nSPS) is 10.2. The van der Waals surface area contributed by atoms with Crippen LogP contribution in [0.1, 0.15) is 97.8 Å². The minimum absolute atomic E-state index is 0.872. The molecule has 2 nitrogen and oxygen atoms in total. The summed E-state index contributed by atoms with van der Waals surface area (Å²) in [5.41, 5.74) is 5.42. The quantitative estimate of drug-likeness (QED) is 0.427. The van der Waals surface area contributed by atoms with E-state index in [0.717, 1.165) is 6.54 Å². The zero-order valence-corrected chi connectivity index (χ0v) is 14.7. The highest BCUT2D eigenvalue weighted by Gasteiger charge is 1.91. The van der Waals surface area contributed by atoms with Gasteiger partial charge >= 0.3 is 0 Å². The van der Waals surface area contributed by atoms with E-state index in [1.54, 1.807) is 0 Å². The Balaban J connectivity index is 0. The van der Waals surface area contributed by atoms with E-state index >= 15 is 0 Å². The average molecular weight is 287 g/mol. The molecule has 0 aromatic rings. The summed E-state index contributed by atoms with van der Waals surface area (Å²) in [6, 6.07) is 0. The topological polar surface area (TPSA) is 38.0 Å². The van der Waals surface area contributed by atoms with Gasteiger partial charge in [-0.05, 0) is 38.9 Å². The molecule has 0 rings (SSSR count). The lowest BCUT2D eigenvalue weighted by Crippen LogP contribution is -2.14. The van der Waals surface area contributed by atoms with Gasteiger partial charge in [0.15, 0.2) is 0 Å². The lowest BCUT2D eigenvalue weighted by atomic mass is 10.1. The van der Waals surface area contributed by atoms with Crippen LogP contribution in [-0.2, 0) is 0 Å². The van der Waals surface area contributed by atoms with E-state index in [2.05, 4.69) is 26.1 Å². The number of hydrogen-bond donors (Lipinski definition) is 2. The van der Waals surface area contributed by atoms with Crippen molar-refractivity contribution in [1.82, 2.24) is 5.32 Å². The summed E-state index contributed by atoms with van der Waals surface area (Å²) in [5, 5.41) is 3.28. The minimum atomic E-state index is 0.872. The van der Waals surface area contributed by atoms with Crippen LogP contribution in [-0.4, -0.2) is 19.6 Å². The molecule has 2 heteroatoms. The third-order valence-corrected chi connectivity index (χ3v) is 3.41. The Morgan fingerprint density at radius 3 is 1.30 bits per heavy atom. The van der Waals surface area contributed by atoms with E-state index in [9.17, 15) is 0 Å². The van der Waals surface area contributed by atoms with Gasteiger partial charge in [0.05, 0.1) is 0 Å². The van der Waals surface area contributed by atoms with Gasteiger partial charge < -0.3 is 11.1 Å². The molecule has 0 unspecified atom stereocenters. The molecule has 0 saturated carbocycles. The Bertz CT molecular complexity index is 123. The van der Waals surface area contributed by atoms with Crippen molar-refractivity contribution in [2.24, 2.45) is 5.73 Å². The third kappa shape index (κ3) is 26.5. The molecule has 20 heavy (non-hydrogen) atoms. The molecule has 0 radical (unpaired) electrons. The molecule has 0 amide bonds. The first kappa shape index (κ1) is 22.2.